The number of nitrogens with zero attached hydrogens (tertiary/aromatic N) is 3. The molecule has 0 amide bonds. The molecule has 1 aromatic heterocycles. The molecule has 0 aliphatic carbocycles. The minimum atomic E-state index is -0.891. The smallest absolute Gasteiger partial charge is 0.359 e. The summed E-state index contributed by atoms with van der Waals surface area (Å²) in [5.74, 6) is 0.218. The number of carbonyl (C=O) groups excluding carboxylic acids is 1. The van der Waals surface area contributed by atoms with Gasteiger partial charge in [0.05, 0.1) is 0 Å². The Hall–Kier alpha value is -2.12. The first-order valence-electron chi connectivity index (χ1n) is 8.87. The van der Waals surface area contributed by atoms with Gasteiger partial charge in [-0.3, -0.25) is 0 Å². The second kappa shape index (κ2) is 5.44. The van der Waals surface area contributed by atoms with Crippen LogP contribution < -0.4 is 4.74 Å². The van der Waals surface area contributed by atoms with Crippen LogP contribution in [0.4, 0.5) is 0 Å². The summed E-state index contributed by atoms with van der Waals surface area (Å²) in [6, 6.07) is 6.48. The molecular formula is C18H21N3O4. The van der Waals surface area contributed by atoms with Crippen LogP contribution in [0.1, 0.15) is 42.4 Å². The molecule has 4 heterocycles. The Morgan fingerprint density at radius 1 is 1.32 bits per heavy atom. The number of ether oxygens (including phenoxy) is 2. The molecule has 3 aliphatic heterocycles. The predicted octanol–water partition coefficient (Wildman–Crippen LogP) is 1.70. The zero-order valence-electron chi connectivity index (χ0n) is 14.1. The Labute approximate surface area is 145 Å². The normalized spacial score (nSPS) is 31.1. The summed E-state index contributed by atoms with van der Waals surface area (Å²) in [7, 11) is 2.16. The molecule has 1 N–H and O–H groups in total. The highest BCUT2D eigenvalue weighted by Gasteiger charge is 2.40. The molecule has 0 spiro atoms. The van der Waals surface area contributed by atoms with Gasteiger partial charge in [0.15, 0.2) is 11.9 Å². The zero-order valence-corrected chi connectivity index (χ0v) is 14.1. The number of rotatable bonds is 2. The quantitative estimate of drug-likeness (QED) is 0.837. The van der Waals surface area contributed by atoms with Gasteiger partial charge in [-0.1, -0.05) is 12.1 Å². The van der Waals surface area contributed by atoms with Crippen molar-refractivity contribution in [1.82, 2.24) is 14.7 Å². The highest BCUT2D eigenvalue weighted by atomic mass is 16.5. The van der Waals surface area contributed by atoms with Gasteiger partial charge >= 0.3 is 5.97 Å². The second-order valence-electron chi connectivity index (χ2n) is 7.29. The second-order valence-corrected chi connectivity index (χ2v) is 7.29. The van der Waals surface area contributed by atoms with Crippen molar-refractivity contribution in [3.8, 4) is 5.75 Å². The summed E-state index contributed by atoms with van der Waals surface area (Å²) < 4.78 is 12.8. The summed E-state index contributed by atoms with van der Waals surface area (Å²) >= 11 is 0. The van der Waals surface area contributed by atoms with Crippen LogP contribution in [0, 0.1) is 0 Å². The number of hydrogen-bond donors (Lipinski definition) is 1. The van der Waals surface area contributed by atoms with Gasteiger partial charge in [0, 0.05) is 30.3 Å². The zero-order chi connectivity index (χ0) is 17.1. The number of esters is 1. The van der Waals surface area contributed by atoms with E-state index in [1.165, 1.54) is 17.5 Å². The van der Waals surface area contributed by atoms with Gasteiger partial charge in [0.25, 0.3) is 0 Å². The molecule has 3 aliphatic rings. The van der Waals surface area contributed by atoms with Crippen LogP contribution in [0.25, 0.3) is 10.9 Å². The fourth-order valence-corrected chi connectivity index (χ4v) is 4.54. The Balaban J connectivity index is 1.44. The maximum absolute atomic E-state index is 12.8. The summed E-state index contributed by atoms with van der Waals surface area (Å²) in [6.45, 7) is 0.126. The Morgan fingerprint density at radius 3 is 2.84 bits per heavy atom. The van der Waals surface area contributed by atoms with Gasteiger partial charge in [-0.15, -0.1) is 0 Å². The monoisotopic (exact) mass is 343 g/mol. The van der Waals surface area contributed by atoms with Crippen LogP contribution in [0.15, 0.2) is 18.2 Å². The van der Waals surface area contributed by atoms with Crippen molar-refractivity contribution in [3.63, 3.8) is 0 Å². The van der Waals surface area contributed by atoms with E-state index in [0.717, 1.165) is 12.8 Å². The first-order valence-corrected chi connectivity index (χ1v) is 8.87. The van der Waals surface area contributed by atoms with E-state index in [9.17, 15) is 9.90 Å². The van der Waals surface area contributed by atoms with Crippen LogP contribution in [0.5, 0.6) is 5.75 Å². The van der Waals surface area contributed by atoms with E-state index in [2.05, 4.69) is 17.0 Å². The highest BCUT2D eigenvalue weighted by molar-refractivity contribution is 6.04. The first-order chi connectivity index (χ1) is 12.1. The molecular weight excluding hydrogens is 322 g/mol. The molecule has 7 heteroatoms. The number of carbonyl (C=O) groups is 1. The van der Waals surface area contributed by atoms with Crippen molar-refractivity contribution >= 4 is 16.9 Å². The van der Waals surface area contributed by atoms with E-state index in [1.54, 1.807) is 0 Å². The molecule has 0 saturated carbocycles. The topological polar surface area (TPSA) is 76.8 Å². The van der Waals surface area contributed by atoms with E-state index in [4.69, 9.17) is 9.47 Å². The largest absolute Gasteiger partial charge is 0.487 e. The van der Waals surface area contributed by atoms with Crippen molar-refractivity contribution in [3.05, 3.63) is 23.9 Å². The van der Waals surface area contributed by atoms with Gasteiger partial charge in [-0.05, 0) is 26.0 Å². The number of aliphatic hydroxyl groups is 1. The fraction of sp³-hybridized carbons (Fsp3) is 0.556. The van der Waals surface area contributed by atoms with Crippen LogP contribution in [-0.4, -0.2) is 57.6 Å². The molecule has 5 rings (SSSR count). The van der Waals surface area contributed by atoms with E-state index in [-0.39, 0.29) is 18.4 Å². The predicted molar refractivity (Wildman–Crippen MR) is 89.5 cm³/mol. The SMILES string of the molecule is CN1C2CCC1CC(OC(=O)c1nn3c4c(cccc14)OCC3O)C2. The van der Waals surface area contributed by atoms with Crippen molar-refractivity contribution in [1.29, 1.82) is 0 Å². The number of piperidine rings is 1. The standard InChI is InChI=1S/C18H21N3O4/c1-20-10-5-6-11(20)8-12(7-10)25-18(23)16-13-3-2-4-14-17(13)21(19-16)15(22)9-24-14/h2-4,10-12,15,22H,5-9H2,1H3. The molecule has 2 aromatic rings. The van der Waals surface area contributed by atoms with Crippen molar-refractivity contribution in [2.24, 2.45) is 0 Å². The lowest BCUT2D eigenvalue weighted by atomic mass is 10.0. The van der Waals surface area contributed by atoms with Crippen molar-refractivity contribution in [2.75, 3.05) is 13.7 Å². The molecule has 2 fully saturated rings. The van der Waals surface area contributed by atoms with Gasteiger partial charge in [-0.2, -0.15) is 5.10 Å². The lowest BCUT2D eigenvalue weighted by Crippen LogP contribution is -2.43. The number of para-hydroxylation sites is 1. The van der Waals surface area contributed by atoms with Gasteiger partial charge in [0.1, 0.15) is 24.0 Å². The van der Waals surface area contributed by atoms with E-state index in [1.807, 2.05) is 18.2 Å². The maximum atomic E-state index is 12.8. The molecule has 7 nitrogen and oxygen atoms in total. The Morgan fingerprint density at radius 2 is 2.08 bits per heavy atom. The number of benzene rings is 1. The molecule has 2 bridgehead atoms. The molecule has 3 unspecified atom stereocenters. The van der Waals surface area contributed by atoms with Crippen molar-refractivity contribution in [2.45, 2.75) is 50.1 Å². The first kappa shape index (κ1) is 15.2. The molecule has 1 aromatic carbocycles. The van der Waals surface area contributed by atoms with Gasteiger partial charge < -0.3 is 19.5 Å². The highest BCUT2D eigenvalue weighted by Crippen LogP contribution is 2.37. The minimum absolute atomic E-state index is 0.0594. The van der Waals surface area contributed by atoms with Crippen LogP contribution in [0.2, 0.25) is 0 Å². The maximum Gasteiger partial charge on any atom is 0.359 e. The van der Waals surface area contributed by atoms with Crippen LogP contribution >= 0.6 is 0 Å². The van der Waals surface area contributed by atoms with Crippen LogP contribution in [-0.2, 0) is 4.74 Å². The molecule has 132 valence electrons. The Bertz CT molecular complexity index is 834. The third-order valence-electron chi connectivity index (χ3n) is 5.88. The molecule has 25 heavy (non-hydrogen) atoms. The summed E-state index contributed by atoms with van der Waals surface area (Å²) in [6.07, 6.45) is 3.18. The summed E-state index contributed by atoms with van der Waals surface area (Å²) in [4.78, 5) is 15.2. The van der Waals surface area contributed by atoms with Crippen LogP contribution in [0.3, 0.4) is 0 Å². The summed E-state index contributed by atoms with van der Waals surface area (Å²) in [5.41, 5.74) is 0.907. The Kier molecular flexibility index (Phi) is 3.30. The van der Waals surface area contributed by atoms with Crippen molar-refractivity contribution < 1.29 is 19.4 Å². The number of aliphatic hydroxyl groups excluding tert-OH is 1. The number of aromatic nitrogens is 2. The molecule has 2 saturated heterocycles. The van der Waals surface area contributed by atoms with Gasteiger partial charge in [-0.25, -0.2) is 9.48 Å². The average molecular weight is 343 g/mol. The van der Waals surface area contributed by atoms with Gasteiger partial charge in [0.2, 0.25) is 0 Å². The van der Waals surface area contributed by atoms with E-state index in [0.29, 0.717) is 28.7 Å². The molecule has 0 radical (unpaired) electrons. The molecule has 3 atom stereocenters. The third kappa shape index (κ3) is 2.26. The van der Waals surface area contributed by atoms with E-state index < -0.39 is 12.2 Å². The lowest BCUT2D eigenvalue weighted by molar-refractivity contribution is -0.00145. The lowest BCUT2D eigenvalue weighted by Gasteiger charge is -2.35. The minimum Gasteiger partial charge on any atom is -0.487 e. The average Bonchev–Trinajstić information content (AvgIpc) is 3.07. The summed E-state index contributed by atoms with van der Waals surface area (Å²) in [5, 5.41) is 15.1. The van der Waals surface area contributed by atoms with E-state index >= 15 is 0 Å². The fourth-order valence-electron chi connectivity index (χ4n) is 4.54. The third-order valence-corrected chi connectivity index (χ3v) is 5.88. The number of hydrogen-bond acceptors (Lipinski definition) is 6. The number of fused-ring (bicyclic) bond motifs is 2.